The number of carbonyl (C=O) groups is 1. The third kappa shape index (κ3) is 2.60. The predicted octanol–water partition coefficient (Wildman–Crippen LogP) is 2.68. The maximum atomic E-state index is 11.5. The lowest BCUT2D eigenvalue weighted by Gasteiger charge is -2.11. The summed E-state index contributed by atoms with van der Waals surface area (Å²) < 4.78 is 10.2. The molecule has 0 unspecified atom stereocenters. The Labute approximate surface area is 102 Å². The Balaban J connectivity index is 2.09. The second kappa shape index (κ2) is 5.21. The lowest BCUT2D eigenvalue weighted by Crippen LogP contribution is -2.08. The minimum absolute atomic E-state index is 0.0961. The van der Waals surface area contributed by atoms with Crippen LogP contribution < -0.4 is 4.74 Å². The average molecular weight is 234 g/mol. The van der Waals surface area contributed by atoms with Gasteiger partial charge in [-0.05, 0) is 48.9 Å². The van der Waals surface area contributed by atoms with Crippen molar-refractivity contribution in [2.24, 2.45) is 0 Å². The zero-order valence-corrected chi connectivity index (χ0v) is 10.4. The molecule has 1 aromatic rings. The molecule has 1 aromatic carbocycles. The minimum atomic E-state index is -0.0961. The number of methoxy groups -OCH3 is 1. The molecule has 0 amide bonds. The molecule has 0 saturated heterocycles. The van der Waals surface area contributed by atoms with E-state index in [0.717, 1.165) is 18.6 Å². The topological polar surface area (TPSA) is 35.5 Å². The van der Waals surface area contributed by atoms with Crippen molar-refractivity contribution in [2.75, 3.05) is 13.7 Å². The molecule has 0 spiro atoms. The van der Waals surface area contributed by atoms with Crippen molar-refractivity contribution in [2.45, 2.75) is 32.1 Å². The lowest BCUT2D eigenvalue weighted by atomic mass is 9.98. The smallest absolute Gasteiger partial charge is 0.306 e. The summed E-state index contributed by atoms with van der Waals surface area (Å²) in [6.07, 6.45) is 2.55. The molecule has 3 heteroatoms. The Morgan fingerprint density at radius 2 is 2.29 bits per heavy atom. The number of benzene rings is 1. The van der Waals surface area contributed by atoms with Crippen molar-refractivity contribution in [3.05, 3.63) is 29.3 Å². The molecule has 92 valence electrons. The molecule has 3 nitrogen and oxygen atoms in total. The lowest BCUT2D eigenvalue weighted by molar-refractivity contribution is -0.143. The zero-order chi connectivity index (χ0) is 12.3. The van der Waals surface area contributed by atoms with E-state index in [9.17, 15) is 4.79 Å². The van der Waals surface area contributed by atoms with Crippen molar-refractivity contribution in [3.8, 4) is 5.75 Å². The number of esters is 1. The van der Waals surface area contributed by atoms with Crippen LogP contribution in [0.4, 0.5) is 0 Å². The third-order valence-corrected chi connectivity index (χ3v) is 3.27. The highest BCUT2D eigenvalue weighted by Gasteiger charge is 2.25. The molecule has 2 rings (SSSR count). The highest BCUT2D eigenvalue weighted by atomic mass is 16.5. The standard InChI is InChI=1S/C14H18O3/c1-3-17-14(15)9-11-5-4-10-8-12(16-2)6-7-13(10)11/h6-8,11H,3-5,9H2,1-2H3/t11-/m0/s1. The van der Waals surface area contributed by atoms with Crippen molar-refractivity contribution in [1.82, 2.24) is 0 Å². The molecule has 0 aromatic heterocycles. The first-order valence-corrected chi connectivity index (χ1v) is 6.07. The van der Waals surface area contributed by atoms with Crippen molar-refractivity contribution >= 4 is 5.97 Å². The van der Waals surface area contributed by atoms with Gasteiger partial charge >= 0.3 is 5.97 Å². The van der Waals surface area contributed by atoms with Gasteiger partial charge in [-0.1, -0.05) is 6.07 Å². The summed E-state index contributed by atoms with van der Waals surface area (Å²) in [7, 11) is 1.67. The fourth-order valence-corrected chi connectivity index (χ4v) is 2.44. The molecule has 0 radical (unpaired) electrons. The van der Waals surface area contributed by atoms with E-state index in [-0.39, 0.29) is 5.97 Å². The fraction of sp³-hybridized carbons (Fsp3) is 0.500. The van der Waals surface area contributed by atoms with Gasteiger partial charge in [0.05, 0.1) is 20.1 Å². The highest BCUT2D eigenvalue weighted by Crippen LogP contribution is 2.37. The molecule has 0 bridgehead atoms. The first-order valence-electron chi connectivity index (χ1n) is 6.07. The molecule has 0 N–H and O–H groups in total. The fourth-order valence-electron chi connectivity index (χ4n) is 2.44. The first kappa shape index (κ1) is 12.0. The van der Waals surface area contributed by atoms with E-state index < -0.39 is 0 Å². The van der Waals surface area contributed by atoms with Crippen LogP contribution in [0.15, 0.2) is 18.2 Å². The normalized spacial score (nSPS) is 17.6. The Morgan fingerprint density at radius 3 is 3.00 bits per heavy atom. The van der Waals surface area contributed by atoms with Crippen LogP contribution in [0.1, 0.15) is 36.8 Å². The Bertz CT molecular complexity index is 412. The van der Waals surface area contributed by atoms with E-state index in [1.807, 2.05) is 13.0 Å². The molecule has 17 heavy (non-hydrogen) atoms. The second-order valence-corrected chi connectivity index (χ2v) is 4.31. The number of hydrogen-bond donors (Lipinski definition) is 0. The van der Waals surface area contributed by atoms with Gasteiger partial charge in [0.2, 0.25) is 0 Å². The average Bonchev–Trinajstić information content (AvgIpc) is 2.72. The maximum Gasteiger partial charge on any atom is 0.306 e. The number of aryl methyl sites for hydroxylation is 1. The Kier molecular flexibility index (Phi) is 3.67. The summed E-state index contributed by atoms with van der Waals surface area (Å²) in [6.45, 7) is 2.30. The van der Waals surface area contributed by atoms with Crippen LogP contribution >= 0.6 is 0 Å². The van der Waals surface area contributed by atoms with Gasteiger partial charge in [0.25, 0.3) is 0 Å². The van der Waals surface area contributed by atoms with E-state index in [4.69, 9.17) is 9.47 Å². The summed E-state index contributed by atoms with van der Waals surface area (Å²) in [6, 6.07) is 6.11. The van der Waals surface area contributed by atoms with Crippen LogP contribution in [-0.2, 0) is 16.0 Å². The summed E-state index contributed by atoms with van der Waals surface area (Å²) in [5, 5.41) is 0. The Morgan fingerprint density at radius 1 is 1.47 bits per heavy atom. The van der Waals surface area contributed by atoms with E-state index in [0.29, 0.717) is 18.9 Å². The Hall–Kier alpha value is -1.51. The molecule has 0 saturated carbocycles. The molecule has 1 aliphatic rings. The molecule has 1 aliphatic carbocycles. The van der Waals surface area contributed by atoms with Crippen molar-refractivity contribution < 1.29 is 14.3 Å². The van der Waals surface area contributed by atoms with Crippen LogP contribution in [0.3, 0.4) is 0 Å². The number of rotatable bonds is 4. The van der Waals surface area contributed by atoms with E-state index in [1.165, 1.54) is 11.1 Å². The van der Waals surface area contributed by atoms with Crippen LogP contribution in [0, 0.1) is 0 Å². The van der Waals surface area contributed by atoms with Gasteiger partial charge in [0.1, 0.15) is 5.75 Å². The molecular weight excluding hydrogens is 216 g/mol. The van der Waals surface area contributed by atoms with E-state index in [1.54, 1.807) is 7.11 Å². The summed E-state index contributed by atoms with van der Waals surface area (Å²) in [4.78, 5) is 11.5. The van der Waals surface area contributed by atoms with Gasteiger partial charge in [-0.2, -0.15) is 0 Å². The SMILES string of the molecule is CCOC(=O)C[C@@H]1CCc2cc(OC)ccc21. The van der Waals surface area contributed by atoms with Gasteiger partial charge in [-0.3, -0.25) is 4.79 Å². The molecule has 0 heterocycles. The predicted molar refractivity (Wildman–Crippen MR) is 65.3 cm³/mol. The third-order valence-electron chi connectivity index (χ3n) is 3.27. The monoisotopic (exact) mass is 234 g/mol. The zero-order valence-electron chi connectivity index (χ0n) is 10.4. The summed E-state index contributed by atoms with van der Waals surface area (Å²) in [5.74, 6) is 1.11. The molecule has 1 atom stereocenters. The van der Waals surface area contributed by atoms with Crippen LogP contribution in [-0.4, -0.2) is 19.7 Å². The number of fused-ring (bicyclic) bond motifs is 1. The molecule has 0 aliphatic heterocycles. The maximum absolute atomic E-state index is 11.5. The quantitative estimate of drug-likeness (QED) is 0.751. The van der Waals surface area contributed by atoms with Gasteiger partial charge in [-0.25, -0.2) is 0 Å². The van der Waals surface area contributed by atoms with Crippen LogP contribution in [0.2, 0.25) is 0 Å². The second-order valence-electron chi connectivity index (χ2n) is 4.31. The van der Waals surface area contributed by atoms with Gasteiger partial charge in [-0.15, -0.1) is 0 Å². The number of carbonyl (C=O) groups excluding carboxylic acids is 1. The minimum Gasteiger partial charge on any atom is -0.497 e. The van der Waals surface area contributed by atoms with Gasteiger partial charge < -0.3 is 9.47 Å². The summed E-state index contributed by atoms with van der Waals surface area (Å²) >= 11 is 0. The first-order chi connectivity index (χ1) is 8.24. The van der Waals surface area contributed by atoms with Crippen molar-refractivity contribution in [1.29, 1.82) is 0 Å². The molecular formula is C14H18O3. The summed E-state index contributed by atoms with van der Waals surface area (Å²) in [5.41, 5.74) is 2.58. The largest absolute Gasteiger partial charge is 0.497 e. The van der Waals surface area contributed by atoms with Gasteiger partial charge in [0.15, 0.2) is 0 Å². The van der Waals surface area contributed by atoms with E-state index in [2.05, 4.69) is 12.1 Å². The van der Waals surface area contributed by atoms with Crippen LogP contribution in [0.5, 0.6) is 5.75 Å². The highest BCUT2D eigenvalue weighted by molar-refractivity contribution is 5.71. The number of hydrogen-bond acceptors (Lipinski definition) is 3. The van der Waals surface area contributed by atoms with Crippen LogP contribution in [0.25, 0.3) is 0 Å². The molecule has 0 fully saturated rings. The van der Waals surface area contributed by atoms with Gasteiger partial charge in [0, 0.05) is 0 Å². The van der Waals surface area contributed by atoms with E-state index >= 15 is 0 Å². The number of ether oxygens (including phenoxy) is 2. The van der Waals surface area contributed by atoms with Crippen molar-refractivity contribution in [3.63, 3.8) is 0 Å².